The molecule has 4 rings (SSSR count). The molecule has 4 aromatic rings. The van der Waals surface area contributed by atoms with Crippen LogP contribution in [-0.2, 0) is 17.8 Å². The number of hydrogen-bond acceptors (Lipinski definition) is 9. The number of carbonyl (C=O) groups is 1. The van der Waals surface area contributed by atoms with Crippen LogP contribution in [0.25, 0.3) is 21.5 Å². The van der Waals surface area contributed by atoms with Gasteiger partial charge in [-0.1, -0.05) is 12.1 Å². The third kappa shape index (κ3) is 4.53. The molecular formula is C21H20N6O3S. The van der Waals surface area contributed by atoms with E-state index in [0.717, 1.165) is 20.8 Å². The van der Waals surface area contributed by atoms with Gasteiger partial charge in [0.25, 0.3) is 0 Å². The van der Waals surface area contributed by atoms with E-state index in [9.17, 15) is 4.79 Å². The molecule has 0 fully saturated rings. The molecule has 0 saturated carbocycles. The second kappa shape index (κ2) is 8.92. The minimum Gasteiger partial charge on any atom is -0.496 e. The molecule has 2 heterocycles. The maximum absolute atomic E-state index is 11.1. The van der Waals surface area contributed by atoms with Crippen molar-refractivity contribution in [3.8, 4) is 22.8 Å². The average Bonchev–Trinajstić information content (AvgIpc) is 3.19. The van der Waals surface area contributed by atoms with E-state index < -0.39 is 0 Å². The van der Waals surface area contributed by atoms with E-state index in [2.05, 4.69) is 25.5 Å². The summed E-state index contributed by atoms with van der Waals surface area (Å²) in [5.74, 6) is 1.25. The Morgan fingerprint density at radius 2 is 1.90 bits per heavy atom. The molecule has 31 heavy (non-hydrogen) atoms. The highest BCUT2D eigenvalue weighted by molar-refractivity contribution is 7.18. The van der Waals surface area contributed by atoms with Gasteiger partial charge in [0.15, 0.2) is 0 Å². The molecule has 0 aliphatic rings. The Labute approximate surface area is 182 Å². The lowest BCUT2D eigenvalue weighted by Crippen LogP contribution is -2.13. The van der Waals surface area contributed by atoms with Crippen molar-refractivity contribution in [3.63, 3.8) is 0 Å². The number of nitrogens with two attached hydrogens (primary N) is 1. The van der Waals surface area contributed by atoms with E-state index in [4.69, 9.17) is 15.2 Å². The van der Waals surface area contributed by atoms with E-state index in [1.807, 2.05) is 36.4 Å². The van der Waals surface area contributed by atoms with Crippen molar-refractivity contribution < 1.29 is 14.3 Å². The zero-order valence-corrected chi connectivity index (χ0v) is 17.8. The standard InChI is InChI=1S/C21H20N6O3S/c1-29-15-4-3-5-16(30-2)20(15)14-10-24-27-21(26-14)23-11-19-25-13-8-12(9-18(22)28)6-7-17(13)31-19/h3-8,10H,9,11H2,1-2H3,(H2,22,28)(H,23,26,27). The summed E-state index contributed by atoms with van der Waals surface area (Å²) in [7, 11) is 3.18. The van der Waals surface area contributed by atoms with E-state index in [1.165, 1.54) is 0 Å². The minimum atomic E-state index is -0.368. The van der Waals surface area contributed by atoms with Crippen LogP contribution in [0.2, 0.25) is 0 Å². The number of carbonyl (C=O) groups excluding carboxylic acids is 1. The van der Waals surface area contributed by atoms with Gasteiger partial charge in [-0.15, -0.1) is 16.4 Å². The summed E-state index contributed by atoms with van der Waals surface area (Å²) in [6.45, 7) is 0.429. The highest BCUT2D eigenvalue weighted by Crippen LogP contribution is 2.37. The number of hydrogen-bond donors (Lipinski definition) is 2. The van der Waals surface area contributed by atoms with Crippen molar-refractivity contribution in [1.82, 2.24) is 20.2 Å². The summed E-state index contributed by atoms with van der Waals surface area (Å²) in [6.07, 6.45) is 1.75. The van der Waals surface area contributed by atoms with Crippen LogP contribution < -0.4 is 20.5 Å². The number of nitrogens with one attached hydrogen (secondary N) is 1. The SMILES string of the molecule is COc1cccc(OC)c1-c1cnnc(NCc2nc3cc(CC(N)=O)ccc3s2)n1. The van der Waals surface area contributed by atoms with E-state index in [-0.39, 0.29) is 12.3 Å². The topological polar surface area (TPSA) is 125 Å². The summed E-state index contributed by atoms with van der Waals surface area (Å²) in [5, 5.41) is 12.1. The largest absolute Gasteiger partial charge is 0.496 e. The number of ether oxygens (including phenoxy) is 2. The van der Waals surface area contributed by atoms with Gasteiger partial charge in [0.05, 0.1) is 49.2 Å². The summed E-state index contributed by atoms with van der Waals surface area (Å²) in [6, 6.07) is 11.2. The van der Waals surface area contributed by atoms with Crippen LogP contribution in [0.4, 0.5) is 5.95 Å². The smallest absolute Gasteiger partial charge is 0.243 e. The van der Waals surface area contributed by atoms with Crippen molar-refractivity contribution in [3.05, 3.63) is 53.2 Å². The van der Waals surface area contributed by atoms with Gasteiger partial charge < -0.3 is 20.5 Å². The normalized spacial score (nSPS) is 10.8. The van der Waals surface area contributed by atoms with Crippen molar-refractivity contribution in [2.75, 3.05) is 19.5 Å². The highest BCUT2D eigenvalue weighted by Gasteiger charge is 2.15. The third-order valence-corrected chi connectivity index (χ3v) is 5.55. The molecule has 0 bridgehead atoms. The maximum atomic E-state index is 11.1. The first-order chi connectivity index (χ1) is 15.1. The monoisotopic (exact) mass is 436 g/mol. The van der Waals surface area contributed by atoms with Crippen LogP contribution in [0.5, 0.6) is 11.5 Å². The summed E-state index contributed by atoms with van der Waals surface area (Å²) in [4.78, 5) is 20.3. The predicted molar refractivity (Wildman–Crippen MR) is 118 cm³/mol. The Kier molecular flexibility index (Phi) is 5.89. The molecule has 0 spiro atoms. The fourth-order valence-corrected chi connectivity index (χ4v) is 4.05. The molecule has 2 aromatic carbocycles. The molecule has 0 atom stereocenters. The van der Waals surface area contributed by atoms with Crippen LogP contribution in [-0.4, -0.2) is 40.3 Å². The Balaban J connectivity index is 1.55. The zero-order valence-electron chi connectivity index (χ0n) is 17.0. The number of fused-ring (bicyclic) bond motifs is 1. The number of amides is 1. The first-order valence-electron chi connectivity index (χ1n) is 9.39. The maximum Gasteiger partial charge on any atom is 0.243 e. The molecule has 2 aromatic heterocycles. The Bertz CT molecular complexity index is 1220. The van der Waals surface area contributed by atoms with Crippen molar-refractivity contribution in [2.24, 2.45) is 5.73 Å². The third-order valence-electron chi connectivity index (χ3n) is 4.52. The number of primary amides is 1. The highest BCUT2D eigenvalue weighted by atomic mass is 32.1. The zero-order chi connectivity index (χ0) is 21.8. The lowest BCUT2D eigenvalue weighted by Gasteiger charge is -2.12. The van der Waals surface area contributed by atoms with E-state index >= 15 is 0 Å². The quantitative estimate of drug-likeness (QED) is 0.432. The molecule has 1 amide bonds. The van der Waals surface area contributed by atoms with E-state index in [0.29, 0.717) is 35.2 Å². The first-order valence-corrected chi connectivity index (χ1v) is 10.2. The Morgan fingerprint density at radius 3 is 2.61 bits per heavy atom. The van der Waals surface area contributed by atoms with Crippen LogP contribution in [0.15, 0.2) is 42.6 Å². The van der Waals surface area contributed by atoms with E-state index in [1.54, 1.807) is 31.8 Å². The second-order valence-corrected chi connectivity index (χ2v) is 7.72. The molecule has 0 saturated heterocycles. The summed E-state index contributed by atoms with van der Waals surface area (Å²) in [5.41, 5.74) is 8.22. The van der Waals surface area contributed by atoms with Gasteiger partial charge in [0.1, 0.15) is 22.2 Å². The number of nitrogens with zero attached hydrogens (tertiary/aromatic N) is 4. The van der Waals surface area contributed by atoms with Gasteiger partial charge >= 0.3 is 0 Å². The fraction of sp³-hybridized carbons (Fsp3) is 0.190. The molecule has 0 radical (unpaired) electrons. The van der Waals surface area contributed by atoms with Gasteiger partial charge in [0, 0.05) is 0 Å². The van der Waals surface area contributed by atoms with Crippen LogP contribution >= 0.6 is 11.3 Å². The lowest BCUT2D eigenvalue weighted by molar-refractivity contribution is -0.117. The van der Waals surface area contributed by atoms with Gasteiger partial charge in [0.2, 0.25) is 11.9 Å². The van der Waals surface area contributed by atoms with Crippen molar-refractivity contribution >= 4 is 33.4 Å². The molecule has 9 nitrogen and oxygen atoms in total. The van der Waals surface area contributed by atoms with Crippen molar-refractivity contribution in [2.45, 2.75) is 13.0 Å². The molecule has 158 valence electrons. The number of methoxy groups -OCH3 is 2. The number of anilines is 1. The van der Waals surface area contributed by atoms with Gasteiger partial charge in [-0.25, -0.2) is 9.97 Å². The minimum absolute atomic E-state index is 0.194. The molecule has 3 N–H and O–H groups in total. The van der Waals surface area contributed by atoms with Gasteiger partial charge in [-0.05, 0) is 29.8 Å². The molecular weight excluding hydrogens is 416 g/mol. The number of rotatable bonds is 8. The number of benzene rings is 2. The second-order valence-electron chi connectivity index (χ2n) is 6.61. The average molecular weight is 436 g/mol. The van der Waals surface area contributed by atoms with Gasteiger partial charge in [-0.3, -0.25) is 4.79 Å². The Hall–Kier alpha value is -3.79. The van der Waals surface area contributed by atoms with Crippen LogP contribution in [0.3, 0.4) is 0 Å². The van der Waals surface area contributed by atoms with Crippen LogP contribution in [0, 0.1) is 0 Å². The molecule has 0 unspecified atom stereocenters. The molecule has 10 heteroatoms. The first kappa shape index (κ1) is 20.5. The lowest BCUT2D eigenvalue weighted by atomic mass is 10.1. The number of aromatic nitrogens is 4. The van der Waals surface area contributed by atoms with Gasteiger partial charge in [-0.2, -0.15) is 5.10 Å². The molecule has 0 aliphatic heterocycles. The fourth-order valence-electron chi connectivity index (χ4n) is 3.16. The predicted octanol–water partition coefficient (Wildman–Crippen LogP) is 2.81. The summed E-state index contributed by atoms with van der Waals surface area (Å²) < 4.78 is 11.9. The van der Waals surface area contributed by atoms with Crippen LogP contribution in [0.1, 0.15) is 10.6 Å². The summed E-state index contributed by atoms with van der Waals surface area (Å²) >= 11 is 1.55. The number of thiazole rings is 1. The Morgan fingerprint density at radius 1 is 1.13 bits per heavy atom. The molecule has 0 aliphatic carbocycles. The van der Waals surface area contributed by atoms with Crippen molar-refractivity contribution in [1.29, 1.82) is 0 Å².